The van der Waals surface area contributed by atoms with E-state index < -0.39 is 0 Å². The topological polar surface area (TPSA) is 85.8 Å². The Kier molecular flexibility index (Phi) is 3.30. The highest BCUT2D eigenvalue weighted by atomic mass is 32.1. The van der Waals surface area contributed by atoms with E-state index in [1.54, 1.807) is 35.2 Å². The van der Waals surface area contributed by atoms with Gasteiger partial charge in [-0.1, -0.05) is 10.4 Å². The van der Waals surface area contributed by atoms with Gasteiger partial charge in [-0.15, -0.1) is 16.4 Å². The molecule has 0 saturated carbocycles. The predicted molar refractivity (Wildman–Crippen MR) is 71.6 cm³/mol. The number of nitrogens with zero attached hydrogens (tertiary/aromatic N) is 4. The molecule has 0 radical (unpaired) electrons. The number of carbonyl (C=O) groups is 1. The predicted octanol–water partition coefficient (Wildman–Crippen LogP) is 1.56. The molecule has 3 heterocycles. The van der Waals surface area contributed by atoms with Crippen LogP contribution in [0.4, 0.5) is 0 Å². The lowest BCUT2D eigenvalue weighted by Gasteiger charge is -1.98. The number of thiophene rings is 1. The van der Waals surface area contributed by atoms with E-state index in [1.165, 1.54) is 0 Å². The van der Waals surface area contributed by atoms with Gasteiger partial charge in [0.25, 0.3) is 5.91 Å². The highest BCUT2D eigenvalue weighted by molar-refractivity contribution is 7.12. The summed E-state index contributed by atoms with van der Waals surface area (Å²) in [6, 6.07) is 5.47. The zero-order chi connectivity index (χ0) is 13.9. The van der Waals surface area contributed by atoms with Gasteiger partial charge < -0.3 is 9.84 Å². The smallest absolute Gasteiger partial charge is 0.273 e. The third kappa shape index (κ3) is 2.59. The normalized spacial score (nSPS) is 10.7. The minimum Gasteiger partial charge on any atom is -0.361 e. The van der Waals surface area contributed by atoms with Crippen molar-refractivity contribution in [3.8, 4) is 5.00 Å². The minimum absolute atomic E-state index is 0.258. The van der Waals surface area contributed by atoms with Gasteiger partial charge in [0.05, 0.1) is 12.7 Å². The molecule has 0 saturated heterocycles. The van der Waals surface area contributed by atoms with Crippen LogP contribution in [0.1, 0.15) is 21.9 Å². The van der Waals surface area contributed by atoms with Gasteiger partial charge >= 0.3 is 0 Å². The molecule has 102 valence electrons. The minimum atomic E-state index is -0.299. The third-order valence-corrected chi connectivity index (χ3v) is 3.42. The molecular formula is C12H11N5O2S. The van der Waals surface area contributed by atoms with Gasteiger partial charge in [-0.3, -0.25) is 4.79 Å². The van der Waals surface area contributed by atoms with Gasteiger partial charge in [0, 0.05) is 6.07 Å². The monoisotopic (exact) mass is 289 g/mol. The molecule has 0 spiro atoms. The lowest BCUT2D eigenvalue weighted by molar-refractivity contribution is 0.0941. The number of rotatable bonds is 4. The average Bonchev–Trinajstić information content (AvgIpc) is 3.16. The van der Waals surface area contributed by atoms with Crippen molar-refractivity contribution in [2.75, 3.05) is 0 Å². The summed E-state index contributed by atoms with van der Waals surface area (Å²) in [7, 11) is 0. The fourth-order valence-corrected chi connectivity index (χ4v) is 2.27. The molecule has 3 rings (SSSR count). The number of carbonyl (C=O) groups excluding carboxylic acids is 1. The Bertz CT molecular complexity index is 716. The van der Waals surface area contributed by atoms with Crippen LogP contribution in [0.15, 0.2) is 34.3 Å². The van der Waals surface area contributed by atoms with Gasteiger partial charge in [-0.25, -0.2) is 4.68 Å². The fraction of sp³-hybridized carbons (Fsp3) is 0.167. The van der Waals surface area contributed by atoms with E-state index in [-0.39, 0.29) is 18.1 Å². The molecule has 0 aliphatic carbocycles. The van der Waals surface area contributed by atoms with Crippen LogP contribution in [0.5, 0.6) is 0 Å². The largest absolute Gasteiger partial charge is 0.361 e. The summed E-state index contributed by atoms with van der Waals surface area (Å²) in [6.45, 7) is 2.02. The van der Waals surface area contributed by atoms with Crippen molar-refractivity contribution in [1.29, 1.82) is 0 Å². The number of hydrogen-bond acceptors (Lipinski definition) is 6. The van der Waals surface area contributed by atoms with Crippen molar-refractivity contribution in [2.45, 2.75) is 13.5 Å². The zero-order valence-electron chi connectivity index (χ0n) is 10.6. The Morgan fingerprint density at radius 1 is 1.55 bits per heavy atom. The summed E-state index contributed by atoms with van der Waals surface area (Å²) in [6.07, 6.45) is 1.78. The number of aromatic nitrogens is 4. The Morgan fingerprint density at radius 2 is 2.45 bits per heavy atom. The summed E-state index contributed by atoms with van der Waals surface area (Å²) >= 11 is 1.56. The van der Waals surface area contributed by atoms with Crippen molar-refractivity contribution in [1.82, 2.24) is 25.5 Å². The van der Waals surface area contributed by atoms with Gasteiger partial charge in [0.2, 0.25) is 0 Å². The standard InChI is InChI=1S/C12H11N5O2S/c1-8-5-10(15-19-8)12(18)13-6-9-7-17(16-14-9)11-3-2-4-20-11/h2-5,7H,6H2,1H3,(H,13,18). The van der Waals surface area contributed by atoms with Crippen molar-refractivity contribution in [3.05, 3.63) is 46.9 Å². The molecule has 3 aromatic rings. The SMILES string of the molecule is Cc1cc(C(=O)NCc2cn(-c3cccs3)nn2)no1. The first-order valence-electron chi connectivity index (χ1n) is 5.89. The van der Waals surface area contributed by atoms with Crippen molar-refractivity contribution < 1.29 is 9.32 Å². The molecular weight excluding hydrogens is 278 g/mol. The van der Waals surface area contributed by atoms with E-state index in [0.29, 0.717) is 11.5 Å². The molecule has 0 aromatic carbocycles. The van der Waals surface area contributed by atoms with Gasteiger partial charge in [0.15, 0.2) is 5.69 Å². The van der Waals surface area contributed by atoms with Crippen LogP contribution in [0.2, 0.25) is 0 Å². The number of hydrogen-bond donors (Lipinski definition) is 1. The fourth-order valence-electron chi connectivity index (χ4n) is 1.62. The van der Waals surface area contributed by atoms with E-state index in [2.05, 4.69) is 20.8 Å². The summed E-state index contributed by atoms with van der Waals surface area (Å²) in [5, 5.41) is 17.3. The molecule has 1 N–H and O–H groups in total. The Morgan fingerprint density at radius 3 is 3.15 bits per heavy atom. The van der Waals surface area contributed by atoms with Crippen LogP contribution in [0.25, 0.3) is 5.00 Å². The third-order valence-electron chi connectivity index (χ3n) is 2.56. The van der Waals surface area contributed by atoms with E-state index in [4.69, 9.17) is 4.52 Å². The summed E-state index contributed by atoms with van der Waals surface area (Å²) < 4.78 is 6.52. The summed E-state index contributed by atoms with van der Waals surface area (Å²) in [4.78, 5) is 11.8. The van der Waals surface area contributed by atoms with E-state index in [9.17, 15) is 4.79 Å². The van der Waals surface area contributed by atoms with Gasteiger partial charge in [-0.05, 0) is 24.4 Å². The van der Waals surface area contributed by atoms with E-state index in [0.717, 1.165) is 5.00 Å². The average molecular weight is 289 g/mol. The molecule has 0 bridgehead atoms. The van der Waals surface area contributed by atoms with Crippen molar-refractivity contribution >= 4 is 17.2 Å². The Hall–Kier alpha value is -2.48. The van der Waals surface area contributed by atoms with Crippen molar-refractivity contribution in [2.24, 2.45) is 0 Å². The molecule has 20 heavy (non-hydrogen) atoms. The highest BCUT2D eigenvalue weighted by Gasteiger charge is 2.11. The highest BCUT2D eigenvalue weighted by Crippen LogP contribution is 2.13. The molecule has 8 heteroatoms. The van der Waals surface area contributed by atoms with Crippen LogP contribution >= 0.6 is 11.3 Å². The molecule has 1 amide bonds. The second-order valence-electron chi connectivity index (χ2n) is 4.11. The zero-order valence-corrected chi connectivity index (χ0v) is 11.4. The molecule has 0 aliphatic rings. The Balaban J connectivity index is 1.63. The molecule has 7 nitrogen and oxygen atoms in total. The molecule has 0 unspecified atom stereocenters. The van der Waals surface area contributed by atoms with E-state index in [1.807, 2.05) is 17.5 Å². The second kappa shape index (κ2) is 5.25. The molecule has 3 aromatic heterocycles. The lowest BCUT2D eigenvalue weighted by Crippen LogP contribution is -2.23. The summed E-state index contributed by atoms with van der Waals surface area (Å²) in [5.74, 6) is 0.298. The van der Waals surface area contributed by atoms with Crippen LogP contribution in [0.3, 0.4) is 0 Å². The number of nitrogens with one attached hydrogen (secondary N) is 1. The molecule has 0 fully saturated rings. The van der Waals surface area contributed by atoms with Gasteiger partial charge in [-0.2, -0.15) is 0 Å². The van der Waals surface area contributed by atoms with Crippen molar-refractivity contribution in [3.63, 3.8) is 0 Å². The van der Waals surface area contributed by atoms with Crippen LogP contribution in [0, 0.1) is 6.92 Å². The first-order valence-corrected chi connectivity index (χ1v) is 6.77. The first-order chi connectivity index (χ1) is 9.72. The first kappa shape index (κ1) is 12.5. The molecule has 0 aliphatic heterocycles. The second-order valence-corrected chi connectivity index (χ2v) is 5.04. The Labute approximate surface area is 118 Å². The van der Waals surface area contributed by atoms with Crippen LogP contribution in [-0.4, -0.2) is 26.1 Å². The van der Waals surface area contributed by atoms with Crippen LogP contribution < -0.4 is 5.32 Å². The number of aryl methyl sites for hydroxylation is 1. The maximum absolute atomic E-state index is 11.8. The summed E-state index contributed by atoms with van der Waals surface area (Å²) in [5.41, 5.74) is 0.931. The van der Waals surface area contributed by atoms with Crippen LogP contribution in [-0.2, 0) is 6.54 Å². The number of amides is 1. The quantitative estimate of drug-likeness (QED) is 0.787. The maximum Gasteiger partial charge on any atom is 0.273 e. The maximum atomic E-state index is 11.8. The van der Waals surface area contributed by atoms with Gasteiger partial charge in [0.1, 0.15) is 16.5 Å². The molecule has 0 atom stereocenters. The van der Waals surface area contributed by atoms with E-state index >= 15 is 0 Å². The lowest BCUT2D eigenvalue weighted by atomic mass is 10.3.